The summed E-state index contributed by atoms with van der Waals surface area (Å²) in [7, 11) is 0. The van der Waals surface area contributed by atoms with E-state index in [2.05, 4.69) is 24.5 Å². The lowest BCUT2D eigenvalue weighted by atomic mass is 9.64. The predicted molar refractivity (Wildman–Crippen MR) is 130 cm³/mol. The third-order valence-corrected chi connectivity index (χ3v) is 7.40. The number of hydrogen-bond donors (Lipinski definition) is 0. The Bertz CT molecular complexity index is 1120. The zero-order chi connectivity index (χ0) is 24.1. The van der Waals surface area contributed by atoms with Crippen molar-refractivity contribution in [2.45, 2.75) is 51.4 Å². The van der Waals surface area contributed by atoms with Crippen LogP contribution in [-0.2, 0) is 0 Å². The molecule has 0 heterocycles. The highest BCUT2D eigenvalue weighted by atomic mass is 19.2. The summed E-state index contributed by atoms with van der Waals surface area (Å²) in [6.07, 6.45) is 12.6. The molecule has 4 atom stereocenters. The van der Waals surface area contributed by atoms with Crippen LogP contribution in [0, 0.1) is 47.0 Å². The topological polar surface area (TPSA) is 9.23 Å². The van der Waals surface area contributed by atoms with Crippen LogP contribution >= 0.6 is 0 Å². The van der Waals surface area contributed by atoms with Crippen LogP contribution in [0.4, 0.5) is 13.2 Å². The number of allylic oxidation sites excluding steroid dienone is 2. The third-order valence-electron chi connectivity index (χ3n) is 7.40. The molecule has 2 aliphatic carbocycles. The Morgan fingerprint density at radius 2 is 1.68 bits per heavy atom. The average Bonchev–Trinajstić information content (AvgIpc) is 2.86. The van der Waals surface area contributed by atoms with Gasteiger partial charge < -0.3 is 4.74 Å². The van der Waals surface area contributed by atoms with Crippen LogP contribution < -0.4 is 4.74 Å². The fourth-order valence-corrected chi connectivity index (χ4v) is 5.44. The van der Waals surface area contributed by atoms with Crippen molar-refractivity contribution in [3.8, 4) is 17.6 Å². The summed E-state index contributed by atoms with van der Waals surface area (Å²) >= 11 is 0. The van der Waals surface area contributed by atoms with Gasteiger partial charge in [0.05, 0.1) is 11.1 Å². The Balaban J connectivity index is 1.45. The largest absolute Gasteiger partial charge is 0.486 e. The van der Waals surface area contributed by atoms with Crippen LogP contribution in [0.1, 0.15) is 68.1 Å². The van der Waals surface area contributed by atoms with Gasteiger partial charge >= 0.3 is 0 Å². The molecule has 1 nitrogen and oxygen atoms in total. The summed E-state index contributed by atoms with van der Waals surface area (Å²) in [5.74, 6) is 4.93. The molecule has 0 spiro atoms. The van der Waals surface area contributed by atoms with Crippen molar-refractivity contribution in [3.05, 3.63) is 89.3 Å². The Labute approximate surface area is 200 Å². The van der Waals surface area contributed by atoms with E-state index in [-0.39, 0.29) is 23.5 Å². The zero-order valence-corrected chi connectivity index (χ0v) is 19.6. The molecule has 0 radical (unpaired) electrons. The molecule has 2 saturated carbocycles. The minimum absolute atomic E-state index is 0.132. The Kier molecular flexibility index (Phi) is 7.83. The maximum Gasteiger partial charge on any atom is 0.201 e. The first kappa shape index (κ1) is 24.2. The van der Waals surface area contributed by atoms with Crippen LogP contribution in [0.25, 0.3) is 0 Å². The lowest BCUT2D eigenvalue weighted by Gasteiger charge is -2.41. The second-order valence-electron chi connectivity index (χ2n) is 9.45. The molecule has 0 aliphatic heterocycles. The fourth-order valence-electron chi connectivity index (χ4n) is 5.44. The van der Waals surface area contributed by atoms with Gasteiger partial charge in [-0.3, -0.25) is 0 Å². The molecule has 0 aromatic heterocycles. The Morgan fingerprint density at radius 3 is 2.44 bits per heavy atom. The molecule has 4 unspecified atom stereocenters. The van der Waals surface area contributed by atoms with Crippen LogP contribution in [0.5, 0.6) is 5.75 Å². The summed E-state index contributed by atoms with van der Waals surface area (Å²) in [6, 6.07) is 7.84. The number of rotatable bonds is 5. The third kappa shape index (κ3) is 5.41. The van der Waals surface area contributed by atoms with Gasteiger partial charge in [-0.15, -0.1) is 6.58 Å². The first-order valence-electron chi connectivity index (χ1n) is 12.2. The molecular formula is C30H31F3O. The Hall–Kier alpha value is -2.93. The molecule has 0 N–H and O–H groups in total. The van der Waals surface area contributed by atoms with Crippen molar-refractivity contribution in [2.24, 2.45) is 17.8 Å². The molecule has 2 aromatic rings. The van der Waals surface area contributed by atoms with Gasteiger partial charge in [-0.2, -0.15) is 4.39 Å². The van der Waals surface area contributed by atoms with Gasteiger partial charge in [0.15, 0.2) is 11.6 Å². The van der Waals surface area contributed by atoms with E-state index in [1.165, 1.54) is 37.8 Å². The zero-order valence-electron chi connectivity index (χ0n) is 19.6. The number of halogens is 3. The molecular weight excluding hydrogens is 433 g/mol. The van der Waals surface area contributed by atoms with Gasteiger partial charge in [0.1, 0.15) is 12.4 Å². The minimum Gasteiger partial charge on any atom is -0.486 e. The molecule has 0 amide bonds. The molecule has 2 aliphatic rings. The van der Waals surface area contributed by atoms with Crippen LogP contribution in [0.2, 0.25) is 0 Å². The van der Waals surface area contributed by atoms with Gasteiger partial charge in [0.25, 0.3) is 0 Å². The second kappa shape index (κ2) is 11.0. The van der Waals surface area contributed by atoms with Crippen molar-refractivity contribution in [2.75, 3.05) is 6.61 Å². The van der Waals surface area contributed by atoms with Gasteiger partial charge in [0.2, 0.25) is 5.82 Å². The van der Waals surface area contributed by atoms with Crippen molar-refractivity contribution >= 4 is 0 Å². The smallest absolute Gasteiger partial charge is 0.201 e. The van der Waals surface area contributed by atoms with Crippen LogP contribution in [0.15, 0.2) is 55.1 Å². The summed E-state index contributed by atoms with van der Waals surface area (Å²) in [4.78, 5) is 0. The summed E-state index contributed by atoms with van der Waals surface area (Å²) in [6.45, 7) is 5.92. The average molecular weight is 465 g/mol. The molecule has 4 heteroatoms. The maximum atomic E-state index is 14.8. The highest BCUT2D eigenvalue weighted by Crippen LogP contribution is 2.47. The first-order chi connectivity index (χ1) is 16.5. The number of benzene rings is 2. The standard InChI is InChI=1S/C30H31F3O/c1-3-5-16-34-28-15-14-22(29(32)30(28)33)10-8-21-9-11-26(19-27(21)31)25-13-12-23-17-20(4-2)6-7-24(23)18-25/h3-5,9,11,14-15,19-20,23-25H,2,6-7,12-13,16-18H2,1H3/b5-3+. The van der Waals surface area contributed by atoms with E-state index in [0.29, 0.717) is 17.8 Å². The predicted octanol–water partition coefficient (Wildman–Crippen LogP) is 7.94. The van der Waals surface area contributed by atoms with E-state index in [0.717, 1.165) is 24.3 Å². The highest BCUT2D eigenvalue weighted by molar-refractivity contribution is 5.47. The lowest BCUT2D eigenvalue weighted by Crippen LogP contribution is -2.30. The van der Waals surface area contributed by atoms with E-state index in [1.54, 1.807) is 24.3 Å². The summed E-state index contributed by atoms with van der Waals surface area (Å²) in [5, 5.41) is 0. The molecule has 2 aromatic carbocycles. The summed E-state index contributed by atoms with van der Waals surface area (Å²) in [5.41, 5.74) is 1.05. The number of ether oxygens (including phenoxy) is 1. The van der Waals surface area contributed by atoms with Gasteiger partial charge in [-0.1, -0.05) is 36.1 Å². The van der Waals surface area contributed by atoms with Gasteiger partial charge in [-0.05, 0) is 98.9 Å². The first-order valence-corrected chi connectivity index (χ1v) is 12.2. The van der Waals surface area contributed by atoms with E-state index < -0.39 is 17.5 Å². The molecule has 4 rings (SSSR count). The SMILES string of the molecule is C=CC1CCC2CC(c3ccc(C#Cc4ccc(OC/C=C/C)c(F)c4F)c(F)c3)CCC2C1. The molecule has 0 saturated heterocycles. The van der Waals surface area contributed by atoms with Crippen molar-refractivity contribution in [1.29, 1.82) is 0 Å². The molecule has 178 valence electrons. The van der Waals surface area contributed by atoms with E-state index in [1.807, 2.05) is 13.0 Å². The monoisotopic (exact) mass is 464 g/mol. The second-order valence-corrected chi connectivity index (χ2v) is 9.45. The summed E-state index contributed by atoms with van der Waals surface area (Å²) < 4.78 is 48.7. The quantitative estimate of drug-likeness (QED) is 0.322. The molecule has 2 fully saturated rings. The molecule has 0 bridgehead atoms. The van der Waals surface area contributed by atoms with Gasteiger partial charge in [0, 0.05) is 0 Å². The van der Waals surface area contributed by atoms with Crippen molar-refractivity contribution in [3.63, 3.8) is 0 Å². The minimum atomic E-state index is -1.09. The normalized spacial score (nSPS) is 24.2. The van der Waals surface area contributed by atoms with Crippen molar-refractivity contribution < 1.29 is 17.9 Å². The Morgan fingerprint density at radius 1 is 0.941 bits per heavy atom. The number of fused-ring (bicyclic) bond motifs is 1. The van der Waals surface area contributed by atoms with E-state index >= 15 is 0 Å². The maximum absolute atomic E-state index is 14.8. The van der Waals surface area contributed by atoms with Gasteiger partial charge in [-0.25, -0.2) is 8.78 Å². The fraction of sp³-hybridized carbons (Fsp3) is 0.400. The number of hydrogen-bond acceptors (Lipinski definition) is 1. The molecule has 34 heavy (non-hydrogen) atoms. The lowest BCUT2D eigenvalue weighted by molar-refractivity contribution is 0.133. The van der Waals surface area contributed by atoms with E-state index in [4.69, 9.17) is 4.74 Å². The highest BCUT2D eigenvalue weighted by Gasteiger charge is 2.35. The van der Waals surface area contributed by atoms with Crippen LogP contribution in [0.3, 0.4) is 0 Å². The van der Waals surface area contributed by atoms with E-state index in [9.17, 15) is 13.2 Å². The van der Waals surface area contributed by atoms with Crippen molar-refractivity contribution in [1.82, 2.24) is 0 Å². The van der Waals surface area contributed by atoms with Crippen LogP contribution in [-0.4, -0.2) is 6.61 Å².